The van der Waals surface area contributed by atoms with Gasteiger partial charge in [0.25, 0.3) is 0 Å². The van der Waals surface area contributed by atoms with Gasteiger partial charge in [0, 0.05) is 5.25 Å². The minimum absolute atomic E-state index is 0.159. The van der Waals surface area contributed by atoms with Gasteiger partial charge in [0.05, 0.1) is 16.7 Å². The van der Waals surface area contributed by atoms with Crippen LogP contribution in [-0.2, 0) is 5.75 Å². The molecular weight excluding hydrogens is 256 g/mol. The summed E-state index contributed by atoms with van der Waals surface area (Å²) in [5.74, 6) is 1.87. The maximum absolute atomic E-state index is 9.37. The molecular formula is C11H14N2O2S2. The van der Waals surface area contributed by atoms with Crippen LogP contribution in [0.1, 0.15) is 19.7 Å². The van der Waals surface area contributed by atoms with Gasteiger partial charge in [-0.2, -0.15) is 4.98 Å². The predicted molar refractivity (Wildman–Crippen MR) is 70.0 cm³/mol. The first-order valence-electron chi connectivity index (χ1n) is 5.33. The fourth-order valence-electron chi connectivity index (χ4n) is 1.16. The van der Waals surface area contributed by atoms with Gasteiger partial charge in [0.1, 0.15) is 0 Å². The Bertz CT molecular complexity index is 454. The van der Waals surface area contributed by atoms with Crippen molar-refractivity contribution in [2.75, 3.05) is 0 Å². The molecule has 0 fully saturated rings. The van der Waals surface area contributed by atoms with Gasteiger partial charge in [-0.1, -0.05) is 18.1 Å². The Kier molecular flexibility index (Phi) is 4.20. The maximum atomic E-state index is 9.37. The smallest absolute Gasteiger partial charge is 0.236 e. The standard InChI is InChI=1S/C11H14N2O2S2/c1-7(14)8(2)17-6-10-12-11(13-15-10)9-4-3-5-16-9/h3-5,7-8,14H,6H2,1-2H3/t7-,8+/m1/s1. The van der Waals surface area contributed by atoms with E-state index in [4.69, 9.17) is 4.52 Å². The monoisotopic (exact) mass is 270 g/mol. The van der Waals surface area contributed by atoms with Crippen LogP contribution in [0.5, 0.6) is 0 Å². The number of thiophene rings is 1. The zero-order valence-electron chi connectivity index (χ0n) is 9.66. The Morgan fingerprint density at radius 2 is 2.35 bits per heavy atom. The van der Waals surface area contributed by atoms with Crippen molar-refractivity contribution in [1.82, 2.24) is 10.1 Å². The zero-order chi connectivity index (χ0) is 12.3. The van der Waals surface area contributed by atoms with Crippen LogP contribution >= 0.6 is 23.1 Å². The van der Waals surface area contributed by atoms with E-state index in [0.29, 0.717) is 17.5 Å². The number of rotatable bonds is 5. The van der Waals surface area contributed by atoms with Crippen molar-refractivity contribution in [3.05, 3.63) is 23.4 Å². The lowest BCUT2D eigenvalue weighted by atomic mass is 10.3. The lowest BCUT2D eigenvalue weighted by Gasteiger charge is -2.11. The number of nitrogens with zero attached hydrogens (tertiary/aromatic N) is 2. The fraction of sp³-hybridized carbons (Fsp3) is 0.455. The highest BCUT2D eigenvalue weighted by atomic mass is 32.2. The summed E-state index contributed by atoms with van der Waals surface area (Å²) in [5, 5.41) is 15.4. The number of thioether (sulfide) groups is 1. The molecule has 0 aliphatic rings. The molecule has 6 heteroatoms. The lowest BCUT2D eigenvalue weighted by Crippen LogP contribution is -2.15. The minimum Gasteiger partial charge on any atom is -0.392 e. The molecule has 0 aliphatic heterocycles. The van der Waals surface area contributed by atoms with Crippen molar-refractivity contribution in [3.8, 4) is 10.7 Å². The highest BCUT2D eigenvalue weighted by Crippen LogP contribution is 2.24. The van der Waals surface area contributed by atoms with Crippen LogP contribution in [0.4, 0.5) is 0 Å². The molecule has 2 aromatic heterocycles. The number of aliphatic hydroxyl groups excluding tert-OH is 1. The molecule has 4 nitrogen and oxygen atoms in total. The third kappa shape index (κ3) is 3.31. The summed E-state index contributed by atoms with van der Waals surface area (Å²) in [6.45, 7) is 3.76. The second-order valence-electron chi connectivity index (χ2n) is 3.75. The molecule has 0 radical (unpaired) electrons. The second kappa shape index (κ2) is 5.66. The molecule has 0 spiro atoms. The van der Waals surface area contributed by atoms with E-state index in [1.54, 1.807) is 30.0 Å². The number of aromatic nitrogens is 2. The third-order valence-electron chi connectivity index (χ3n) is 2.36. The van der Waals surface area contributed by atoms with Gasteiger partial charge in [0.15, 0.2) is 0 Å². The minimum atomic E-state index is -0.334. The molecule has 2 aromatic rings. The van der Waals surface area contributed by atoms with E-state index in [-0.39, 0.29) is 11.4 Å². The quantitative estimate of drug-likeness (QED) is 0.905. The fourth-order valence-corrected chi connectivity index (χ4v) is 2.61. The second-order valence-corrected chi connectivity index (χ2v) is 6.06. The molecule has 0 saturated heterocycles. The molecule has 2 atom stereocenters. The Labute approximate surface area is 108 Å². The van der Waals surface area contributed by atoms with Crippen LogP contribution in [0, 0.1) is 0 Å². The molecule has 92 valence electrons. The summed E-state index contributed by atoms with van der Waals surface area (Å²) in [6.07, 6.45) is -0.334. The van der Waals surface area contributed by atoms with Crippen LogP contribution in [0.15, 0.2) is 22.0 Å². The summed E-state index contributed by atoms with van der Waals surface area (Å²) in [4.78, 5) is 5.32. The Hall–Kier alpha value is -0.850. The van der Waals surface area contributed by atoms with E-state index >= 15 is 0 Å². The van der Waals surface area contributed by atoms with Crippen molar-refractivity contribution < 1.29 is 9.63 Å². The normalized spacial score (nSPS) is 14.8. The van der Waals surface area contributed by atoms with Crippen molar-refractivity contribution in [1.29, 1.82) is 0 Å². The lowest BCUT2D eigenvalue weighted by molar-refractivity contribution is 0.196. The van der Waals surface area contributed by atoms with Crippen LogP contribution < -0.4 is 0 Å². The average molecular weight is 270 g/mol. The van der Waals surface area contributed by atoms with Gasteiger partial charge in [-0.25, -0.2) is 0 Å². The molecule has 2 rings (SSSR count). The van der Waals surface area contributed by atoms with E-state index in [0.717, 1.165) is 4.88 Å². The molecule has 0 unspecified atom stereocenters. The SMILES string of the molecule is C[C@H](SCc1nc(-c2cccs2)no1)[C@@H](C)O. The van der Waals surface area contributed by atoms with E-state index < -0.39 is 0 Å². The number of hydrogen-bond donors (Lipinski definition) is 1. The zero-order valence-corrected chi connectivity index (χ0v) is 11.3. The summed E-state index contributed by atoms with van der Waals surface area (Å²) >= 11 is 3.19. The first kappa shape index (κ1) is 12.6. The summed E-state index contributed by atoms with van der Waals surface area (Å²) < 4.78 is 5.16. The van der Waals surface area contributed by atoms with Crippen LogP contribution in [0.2, 0.25) is 0 Å². The van der Waals surface area contributed by atoms with Gasteiger partial charge >= 0.3 is 0 Å². The summed E-state index contributed by atoms with van der Waals surface area (Å²) in [6, 6.07) is 3.92. The van der Waals surface area contributed by atoms with Crippen LogP contribution in [-0.4, -0.2) is 26.6 Å². The third-order valence-corrected chi connectivity index (χ3v) is 4.56. The first-order valence-corrected chi connectivity index (χ1v) is 7.26. The molecule has 0 saturated carbocycles. The van der Waals surface area contributed by atoms with Gasteiger partial charge in [-0.05, 0) is 18.4 Å². The largest absolute Gasteiger partial charge is 0.392 e. The number of aliphatic hydroxyl groups is 1. The van der Waals surface area contributed by atoms with Gasteiger partial charge in [0.2, 0.25) is 11.7 Å². The first-order chi connectivity index (χ1) is 8.16. The summed E-state index contributed by atoms with van der Waals surface area (Å²) in [5.41, 5.74) is 0. The van der Waals surface area contributed by atoms with Crippen molar-refractivity contribution in [2.24, 2.45) is 0 Å². The van der Waals surface area contributed by atoms with Crippen molar-refractivity contribution in [2.45, 2.75) is 31.0 Å². The molecule has 0 amide bonds. The Morgan fingerprint density at radius 1 is 1.53 bits per heavy atom. The van der Waals surface area contributed by atoms with Crippen LogP contribution in [0.3, 0.4) is 0 Å². The van der Waals surface area contributed by atoms with E-state index in [2.05, 4.69) is 10.1 Å². The highest BCUT2D eigenvalue weighted by Gasteiger charge is 2.13. The molecule has 1 N–H and O–H groups in total. The molecule has 0 bridgehead atoms. The maximum Gasteiger partial charge on any atom is 0.236 e. The van der Waals surface area contributed by atoms with Crippen molar-refractivity contribution >= 4 is 23.1 Å². The van der Waals surface area contributed by atoms with Crippen LogP contribution in [0.25, 0.3) is 10.7 Å². The van der Waals surface area contributed by atoms with Gasteiger partial charge in [-0.15, -0.1) is 23.1 Å². The van der Waals surface area contributed by atoms with E-state index in [1.807, 2.05) is 24.4 Å². The highest BCUT2D eigenvalue weighted by molar-refractivity contribution is 7.99. The molecule has 0 aliphatic carbocycles. The van der Waals surface area contributed by atoms with Gasteiger partial charge < -0.3 is 9.63 Å². The molecule has 2 heterocycles. The number of hydrogen-bond acceptors (Lipinski definition) is 6. The topological polar surface area (TPSA) is 59.2 Å². The Morgan fingerprint density at radius 3 is 3.00 bits per heavy atom. The molecule has 0 aromatic carbocycles. The Balaban J connectivity index is 1.95. The van der Waals surface area contributed by atoms with Gasteiger partial charge in [-0.3, -0.25) is 0 Å². The predicted octanol–water partition coefficient (Wildman–Crippen LogP) is 2.80. The average Bonchev–Trinajstić information content (AvgIpc) is 2.95. The van der Waals surface area contributed by atoms with E-state index in [1.165, 1.54) is 0 Å². The summed E-state index contributed by atoms with van der Waals surface area (Å²) in [7, 11) is 0. The van der Waals surface area contributed by atoms with E-state index in [9.17, 15) is 5.11 Å². The van der Waals surface area contributed by atoms with Crippen molar-refractivity contribution in [3.63, 3.8) is 0 Å². The molecule has 17 heavy (non-hydrogen) atoms.